The first kappa shape index (κ1) is 23.3. The molecule has 5 rings (SSSR count). The number of hydrogen-bond acceptors (Lipinski definition) is 8. The molecule has 3 heterocycles. The van der Waals surface area contributed by atoms with Crippen LogP contribution >= 0.6 is 0 Å². The van der Waals surface area contributed by atoms with E-state index in [0.29, 0.717) is 5.76 Å². The van der Waals surface area contributed by atoms with E-state index >= 15 is 0 Å². The first-order valence-corrected chi connectivity index (χ1v) is 13.9. The molecule has 1 fully saturated rings. The minimum absolute atomic E-state index is 0.0371. The van der Waals surface area contributed by atoms with E-state index in [1.807, 2.05) is 6.92 Å². The molecule has 0 atom stereocenters. The summed E-state index contributed by atoms with van der Waals surface area (Å²) in [6, 6.07) is 18.0. The maximum absolute atomic E-state index is 13.5. The zero-order valence-corrected chi connectivity index (χ0v) is 20.5. The summed E-state index contributed by atoms with van der Waals surface area (Å²) in [6.07, 6.45) is 1.45. The van der Waals surface area contributed by atoms with Gasteiger partial charge in [-0.2, -0.15) is 9.29 Å². The Morgan fingerprint density at radius 1 is 0.800 bits per heavy atom. The average Bonchev–Trinajstić information content (AvgIpc) is 3.56. The molecule has 0 N–H and O–H groups in total. The van der Waals surface area contributed by atoms with Gasteiger partial charge in [-0.15, -0.1) is 0 Å². The predicted molar refractivity (Wildman–Crippen MR) is 128 cm³/mol. The summed E-state index contributed by atoms with van der Waals surface area (Å²) in [5.74, 6) is 0.394. The zero-order valence-electron chi connectivity index (χ0n) is 18.9. The Labute approximate surface area is 203 Å². The van der Waals surface area contributed by atoms with E-state index in [-0.39, 0.29) is 52.8 Å². The molecule has 0 spiro atoms. The van der Waals surface area contributed by atoms with Crippen molar-refractivity contribution in [1.29, 1.82) is 0 Å². The molecule has 2 aromatic carbocycles. The Morgan fingerprint density at radius 2 is 1.49 bits per heavy atom. The number of anilines is 1. The fraction of sp³-hybridized carbons (Fsp3) is 0.208. The maximum Gasteiger partial charge on any atom is 0.266 e. The molecule has 0 bridgehead atoms. The Balaban J connectivity index is 1.48. The summed E-state index contributed by atoms with van der Waals surface area (Å²) in [7, 11) is -7.67. The van der Waals surface area contributed by atoms with Gasteiger partial charge in [0.25, 0.3) is 5.89 Å². The number of sulfone groups is 1. The van der Waals surface area contributed by atoms with E-state index < -0.39 is 19.9 Å². The van der Waals surface area contributed by atoms with Crippen molar-refractivity contribution in [2.24, 2.45) is 0 Å². The van der Waals surface area contributed by atoms with Crippen LogP contribution in [0.15, 0.2) is 96.6 Å². The lowest BCUT2D eigenvalue weighted by Gasteiger charge is -2.33. The number of aromatic nitrogens is 1. The van der Waals surface area contributed by atoms with Gasteiger partial charge in [0.05, 0.1) is 16.1 Å². The van der Waals surface area contributed by atoms with Crippen LogP contribution in [-0.4, -0.2) is 52.3 Å². The minimum atomic E-state index is -4.01. The summed E-state index contributed by atoms with van der Waals surface area (Å²) >= 11 is 0. The second-order valence-corrected chi connectivity index (χ2v) is 11.9. The van der Waals surface area contributed by atoms with E-state index in [0.717, 1.165) is 5.56 Å². The van der Waals surface area contributed by atoms with Gasteiger partial charge in [-0.3, -0.25) is 0 Å². The number of nitrogens with zero attached hydrogens (tertiary/aromatic N) is 3. The third-order valence-electron chi connectivity index (χ3n) is 5.80. The Bertz CT molecular complexity index is 1520. The van der Waals surface area contributed by atoms with Crippen molar-refractivity contribution in [3.63, 3.8) is 0 Å². The summed E-state index contributed by atoms with van der Waals surface area (Å²) in [4.78, 5) is 6.31. The number of furan rings is 1. The second-order valence-electron chi connectivity index (χ2n) is 8.13. The van der Waals surface area contributed by atoms with Crippen molar-refractivity contribution >= 4 is 25.7 Å². The monoisotopic (exact) mass is 513 g/mol. The van der Waals surface area contributed by atoms with E-state index in [1.54, 1.807) is 59.5 Å². The molecule has 1 aliphatic rings. The van der Waals surface area contributed by atoms with Gasteiger partial charge in [0.1, 0.15) is 0 Å². The molecule has 0 aliphatic carbocycles. The molecule has 4 aromatic rings. The summed E-state index contributed by atoms with van der Waals surface area (Å²) in [5, 5.41) is -0.230. The van der Waals surface area contributed by atoms with Crippen LogP contribution in [0.3, 0.4) is 0 Å². The zero-order chi connectivity index (χ0) is 24.6. The normalized spacial score (nSPS) is 15.4. The fourth-order valence-electron chi connectivity index (χ4n) is 3.88. The van der Waals surface area contributed by atoms with E-state index in [2.05, 4.69) is 4.98 Å². The first-order valence-electron chi connectivity index (χ1n) is 10.9. The van der Waals surface area contributed by atoms with Gasteiger partial charge in [0.15, 0.2) is 5.76 Å². The highest BCUT2D eigenvalue weighted by molar-refractivity contribution is 7.91. The van der Waals surface area contributed by atoms with Crippen LogP contribution in [0.25, 0.3) is 11.7 Å². The summed E-state index contributed by atoms with van der Waals surface area (Å²) in [6.45, 7) is 2.66. The summed E-state index contributed by atoms with van der Waals surface area (Å²) < 4.78 is 65.7. The van der Waals surface area contributed by atoms with Gasteiger partial charge in [-0.1, -0.05) is 35.9 Å². The van der Waals surface area contributed by atoms with Crippen molar-refractivity contribution in [2.45, 2.75) is 21.7 Å². The molecule has 1 saturated heterocycles. The van der Waals surface area contributed by atoms with Crippen LogP contribution in [0.5, 0.6) is 0 Å². The lowest BCUT2D eigenvalue weighted by Crippen LogP contribution is -2.48. The lowest BCUT2D eigenvalue weighted by molar-refractivity contribution is 0.372. The van der Waals surface area contributed by atoms with Crippen molar-refractivity contribution < 1.29 is 25.7 Å². The Morgan fingerprint density at radius 3 is 2.11 bits per heavy atom. The molecule has 1 aliphatic heterocycles. The highest BCUT2D eigenvalue weighted by atomic mass is 32.2. The molecule has 35 heavy (non-hydrogen) atoms. The van der Waals surface area contributed by atoms with Crippen LogP contribution in [0.1, 0.15) is 5.56 Å². The number of piperazine rings is 1. The maximum atomic E-state index is 13.5. The smallest absolute Gasteiger partial charge is 0.266 e. The van der Waals surface area contributed by atoms with Crippen molar-refractivity contribution in [3.05, 3.63) is 78.6 Å². The number of oxazole rings is 1. The standard InChI is InChI=1S/C24H23N3O6S2/c1-18-9-11-19(12-10-18)34(28,29)23-24(33-22(25-23)21-8-5-17-32-21)26-13-15-27(16-14-26)35(30,31)20-6-3-2-4-7-20/h2-12,17H,13-16H2,1H3. The first-order chi connectivity index (χ1) is 16.8. The molecule has 2 aromatic heterocycles. The van der Waals surface area contributed by atoms with Crippen LogP contribution < -0.4 is 4.90 Å². The number of sulfonamides is 1. The Kier molecular flexibility index (Phi) is 5.99. The number of benzene rings is 2. The fourth-order valence-corrected chi connectivity index (χ4v) is 6.65. The number of aryl methyl sites for hydroxylation is 1. The molecule has 0 saturated carbocycles. The van der Waals surface area contributed by atoms with Crippen LogP contribution in [0, 0.1) is 6.92 Å². The van der Waals surface area contributed by atoms with Gasteiger partial charge in [-0.25, -0.2) is 16.8 Å². The highest BCUT2D eigenvalue weighted by Gasteiger charge is 2.35. The predicted octanol–water partition coefficient (Wildman–Crippen LogP) is 3.59. The molecule has 182 valence electrons. The van der Waals surface area contributed by atoms with E-state index in [9.17, 15) is 16.8 Å². The lowest BCUT2D eigenvalue weighted by atomic mass is 10.2. The second kappa shape index (κ2) is 8.99. The molecule has 0 radical (unpaired) electrons. The number of hydrogen-bond donors (Lipinski definition) is 0. The number of rotatable bonds is 6. The quantitative estimate of drug-likeness (QED) is 0.384. The third kappa shape index (κ3) is 4.38. The third-order valence-corrected chi connectivity index (χ3v) is 9.38. The molecule has 11 heteroatoms. The van der Waals surface area contributed by atoms with E-state index in [4.69, 9.17) is 8.83 Å². The van der Waals surface area contributed by atoms with Crippen molar-refractivity contribution in [1.82, 2.24) is 9.29 Å². The van der Waals surface area contributed by atoms with Gasteiger partial charge in [0.2, 0.25) is 30.8 Å². The minimum Gasteiger partial charge on any atom is -0.459 e. The van der Waals surface area contributed by atoms with Gasteiger partial charge in [-0.05, 0) is 43.3 Å². The van der Waals surface area contributed by atoms with Gasteiger partial charge < -0.3 is 13.7 Å². The Hall–Kier alpha value is -3.41. The van der Waals surface area contributed by atoms with Crippen molar-refractivity contribution in [2.75, 3.05) is 31.1 Å². The highest BCUT2D eigenvalue weighted by Crippen LogP contribution is 2.35. The average molecular weight is 514 g/mol. The summed E-state index contributed by atoms with van der Waals surface area (Å²) in [5.41, 5.74) is 0.927. The van der Waals surface area contributed by atoms with Crippen LogP contribution in [0.4, 0.5) is 5.88 Å². The topological polar surface area (TPSA) is 114 Å². The SMILES string of the molecule is Cc1ccc(S(=O)(=O)c2nc(-c3ccco3)oc2N2CCN(S(=O)(=O)c3ccccc3)CC2)cc1. The molecule has 0 amide bonds. The largest absolute Gasteiger partial charge is 0.459 e. The molecule has 0 unspecified atom stereocenters. The van der Waals surface area contributed by atoms with E-state index in [1.165, 1.54) is 22.7 Å². The van der Waals surface area contributed by atoms with Crippen molar-refractivity contribution in [3.8, 4) is 11.7 Å². The van der Waals surface area contributed by atoms with Crippen LogP contribution in [-0.2, 0) is 19.9 Å². The van der Waals surface area contributed by atoms with Gasteiger partial charge in [0, 0.05) is 26.2 Å². The van der Waals surface area contributed by atoms with Gasteiger partial charge >= 0.3 is 0 Å². The van der Waals surface area contributed by atoms with Crippen LogP contribution in [0.2, 0.25) is 0 Å². The molecule has 9 nitrogen and oxygen atoms in total. The molecular formula is C24H23N3O6S2. The molecular weight excluding hydrogens is 490 g/mol.